The second-order valence-corrected chi connectivity index (χ2v) is 12.1. The molecule has 0 atom stereocenters. The largest absolute Gasteiger partial charge is 0.465 e. The van der Waals surface area contributed by atoms with Crippen LogP contribution < -0.4 is 0 Å². The van der Waals surface area contributed by atoms with E-state index in [1.807, 2.05) is 38.1 Å². The lowest BCUT2D eigenvalue weighted by molar-refractivity contribution is 0.0601. The molecule has 0 spiro atoms. The third kappa shape index (κ3) is 4.80. The van der Waals surface area contributed by atoms with Crippen molar-refractivity contribution in [3.8, 4) is 21.8 Å². The van der Waals surface area contributed by atoms with Crippen LogP contribution in [0.3, 0.4) is 0 Å². The van der Waals surface area contributed by atoms with Crippen molar-refractivity contribution in [3.63, 3.8) is 0 Å². The van der Waals surface area contributed by atoms with Crippen molar-refractivity contribution in [2.24, 2.45) is 0 Å². The Labute approximate surface area is 245 Å². The van der Waals surface area contributed by atoms with Crippen molar-refractivity contribution < 1.29 is 9.53 Å². The number of pyridine rings is 1. The number of hydrogen-bond acceptors (Lipinski definition) is 5. The summed E-state index contributed by atoms with van der Waals surface area (Å²) in [5.74, 6) is 0.118. The molecule has 0 N–H and O–H groups in total. The molecule has 0 radical (unpaired) electrons. The van der Waals surface area contributed by atoms with Gasteiger partial charge in [0.15, 0.2) is 0 Å². The minimum Gasteiger partial charge on any atom is -0.465 e. The highest BCUT2D eigenvalue weighted by Gasteiger charge is 2.28. The Hall–Kier alpha value is -4.03. The van der Waals surface area contributed by atoms with Gasteiger partial charge in [-0.3, -0.25) is 0 Å². The molecule has 5 nitrogen and oxygen atoms in total. The number of esters is 1. The topological polar surface area (TPSA) is 57.0 Å². The second-order valence-electron chi connectivity index (χ2n) is 10.9. The van der Waals surface area contributed by atoms with Crippen LogP contribution >= 0.6 is 11.3 Å². The molecule has 5 aromatic rings. The van der Waals surface area contributed by atoms with Crippen LogP contribution in [-0.4, -0.2) is 27.6 Å². The number of carbonyl (C=O) groups is 1. The van der Waals surface area contributed by atoms with Crippen LogP contribution in [0.4, 0.5) is 0 Å². The molecule has 1 saturated carbocycles. The van der Waals surface area contributed by atoms with Gasteiger partial charge in [0.1, 0.15) is 0 Å². The predicted octanol–water partition coefficient (Wildman–Crippen LogP) is 9.26. The Bertz CT molecular complexity index is 1820. The molecule has 0 unspecified atom stereocenters. The molecule has 0 aliphatic heterocycles. The summed E-state index contributed by atoms with van der Waals surface area (Å²) >= 11 is 1.68. The number of methoxy groups -OCH3 is 1. The van der Waals surface area contributed by atoms with Gasteiger partial charge in [0.2, 0.25) is 0 Å². The average Bonchev–Trinajstić information content (AvgIpc) is 3.51. The lowest BCUT2D eigenvalue weighted by Gasteiger charge is -2.24. The average molecular weight is 562 g/mol. The number of fused-ring (bicyclic) bond motifs is 2. The van der Waals surface area contributed by atoms with Crippen molar-refractivity contribution >= 4 is 45.2 Å². The van der Waals surface area contributed by atoms with Gasteiger partial charge in [-0.1, -0.05) is 50.1 Å². The van der Waals surface area contributed by atoms with E-state index in [1.54, 1.807) is 11.3 Å². The van der Waals surface area contributed by atoms with Crippen molar-refractivity contribution in [1.29, 1.82) is 0 Å². The van der Waals surface area contributed by atoms with Gasteiger partial charge in [0, 0.05) is 28.4 Å². The van der Waals surface area contributed by atoms with E-state index in [9.17, 15) is 4.79 Å². The molecule has 2 aromatic carbocycles. The first-order chi connectivity index (χ1) is 19.9. The maximum atomic E-state index is 12.5. The van der Waals surface area contributed by atoms with Gasteiger partial charge >= 0.3 is 5.97 Å². The first-order valence-electron chi connectivity index (χ1n) is 14.3. The van der Waals surface area contributed by atoms with Crippen LogP contribution in [-0.2, 0) is 11.3 Å². The quantitative estimate of drug-likeness (QED) is 0.147. The summed E-state index contributed by atoms with van der Waals surface area (Å²) in [4.78, 5) is 23.3. The monoisotopic (exact) mass is 561 g/mol. The van der Waals surface area contributed by atoms with E-state index < -0.39 is 0 Å². The number of hydrogen-bond donors (Lipinski definition) is 0. The van der Waals surface area contributed by atoms with Crippen molar-refractivity contribution in [3.05, 3.63) is 89.1 Å². The van der Waals surface area contributed by atoms with Crippen LogP contribution in [0.15, 0.2) is 61.7 Å². The Kier molecular flexibility index (Phi) is 7.35. The molecule has 0 bridgehead atoms. The zero-order valence-corrected chi connectivity index (χ0v) is 24.8. The third-order valence-corrected chi connectivity index (χ3v) is 9.42. The Morgan fingerprint density at radius 1 is 1.07 bits per heavy atom. The number of thiazole rings is 1. The maximum absolute atomic E-state index is 12.5. The van der Waals surface area contributed by atoms with E-state index >= 15 is 0 Å². The van der Waals surface area contributed by atoms with Crippen LogP contribution in [0.25, 0.3) is 49.7 Å². The molecular formula is C35H35N3O2S. The molecule has 208 valence electrons. The van der Waals surface area contributed by atoms with Gasteiger partial charge in [0.25, 0.3) is 0 Å². The van der Waals surface area contributed by atoms with Gasteiger partial charge in [-0.15, -0.1) is 17.9 Å². The normalized spacial score (nSPS) is 14.0. The number of nitrogens with zero attached hydrogens (tertiary/aromatic N) is 3. The molecule has 41 heavy (non-hydrogen) atoms. The van der Waals surface area contributed by atoms with E-state index in [1.165, 1.54) is 43.0 Å². The number of ether oxygens (including phenoxy) is 1. The highest BCUT2D eigenvalue weighted by Crippen LogP contribution is 2.46. The predicted molar refractivity (Wildman–Crippen MR) is 171 cm³/mol. The van der Waals surface area contributed by atoms with Gasteiger partial charge in [-0.25, -0.2) is 14.8 Å². The van der Waals surface area contributed by atoms with E-state index in [2.05, 4.69) is 53.0 Å². The fourth-order valence-electron chi connectivity index (χ4n) is 6.49. The molecule has 0 amide bonds. The van der Waals surface area contributed by atoms with E-state index in [-0.39, 0.29) is 5.97 Å². The number of aromatic nitrogens is 3. The molecule has 0 saturated heterocycles. The summed E-state index contributed by atoms with van der Waals surface area (Å²) in [6, 6.07) is 14.7. The highest BCUT2D eigenvalue weighted by molar-refractivity contribution is 7.15. The molecule has 1 fully saturated rings. The molecule has 3 aromatic heterocycles. The SMILES string of the molecule is C=CCn1c(-c2cc3ccc(-c4sc(C)nc4C)nc3cc2C=C)c(C2CCCCC2)c2ccc(C(=O)OC)cc21. The summed E-state index contributed by atoms with van der Waals surface area (Å²) in [7, 11) is 1.43. The van der Waals surface area contributed by atoms with Crippen molar-refractivity contribution in [2.45, 2.75) is 58.4 Å². The number of carbonyl (C=O) groups excluding carboxylic acids is 1. The van der Waals surface area contributed by atoms with E-state index in [0.717, 1.165) is 61.7 Å². The molecule has 6 heteroatoms. The summed E-state index contributed by atoms with van der Waals surface area (Å²) in [5.41, 5.74) is 9.19. The molecule has 6 rings (SSSR count). The molecular weight excluding hydrogens is 526 g/mol. The van der Waals surface area contributed by atoms with E-state index in [4.69, 9.17) is 9.72 Å². The minimum absolute atomic E-state index is 0.329. The molecule has 1 aliphatic rings. The van der Waals surface area contributed by atoms with Crippen molar-refractivity contribution in [2.75, 3.05) is 7.11 Å². The number of rotatable bonds is 7. The zero-order valence-electron chi connectivity index (χ0n) is 24.0. The van der Waals surface area contributed by atoms with Gasteiger partial charge in [0.05, 0.1) is 45.2 Å². The summed E-state index contributed by atoms with van der Waals surface area (Å²) in [6.07, 6.45) is 9.93. The first kappa shape index (κ1) is 27.2. The van der Waals surface area contributed by atoms with Gasteiger partial charge in [-0.2, -0.15) is 0 Å². The molecule has 1 aliphatic carbocycles. The summed E-state index contributed by atoms with van der Waals surface area (Å²) < 4.78 is 7.38. The van der Waals surface area contributed by atoms with Crippen LogP contribution in [0, 0.1) is 13.8 Å². The maximum Gasteiger partial charge on any atom is 0.337 e. The smallest absolute Gasteiger partial charge is 0.337 e. The van der Waals surface area contributed by atoms with Gasteiger partial charge in [-0.05, 0) is 74.1 Å². The zero-order chi connectivity index (χ0) is 28.7. The second kappa shape index (κ2) is 11.1. The van der Waals surface area contributed by atoms with E-state index in [0.29, 0.717) is 18.0 Å². The molecule has 3 heterocycles. The number of allylic oxidation sites excluding steroid dienone is 1. The summed E-state index contributed by atoms with van der Waals surface area (Å²) in [6.45, 7) is 13.0. The fourth-order valence-corrected chi connectivity index (χ4v) is 7.38. The Balaban J connectivity index is 1.62. The van der Waals surface area contributed by atoms with Crippen molar-refractivity contribution in [1.82, 2.24) is 14.5 Å². The van der Waals surface area contributed by atoms with Crippen LogP contribution in [0.1, 0.15) is 70.2 Å². The fraction of sp³-hybridized carbons (Fsp3) is 0.286. The Morgan fingerprint density at radius 2 is 1.88 bits per heavy atom. The number of benzene rings is 2. The first-order valence-corrected chi connectivity index (χ1v) is 15.1. The van der Waals surface area contributed by atoms with Crippen LogP contribution in [0.2, 0.25) is 0 Å². The minimum atomic E-state index is -0.329. The third-order valence-electron chi connectivity index (χ3n) is 8.32. The lowest BCUT2D eigenvalue weighted by Crippen LogP contribution is -2.07. The lowest BCUT2D eigenvalue weighted by atomic mass is 9.81. The van der Waals surface area contributed by atoms with Gasteiger partial charge < -0.3 is 9.30 Å². The summed E-state index contributed by atoms with van der Waals surface area (Å²) in [5, 5.41) is 3.32. The van der Waals surface area contributed by atoms with Crippen LogP contribution in [0.5, 0.6) is 0 Å². The standard InChI is InChI=1S/C35H35N3O2S/c1-6-17-38-31-20-26(35(39)40-5)13-15-27(31)32(24-11-9-8-10-12-24)33(38)28-18-25-14-16-29(34-21(3)36-22(4)41-34)37-30(25)19-23(28)7-2/h6-7,13-16,18-20,24H,1-2,8-12,17H2,3-5H3. The Morgan fingerprint density at radius 3 is 2.56 bits per heavy atom. The number of aryl methyl sites for hydroxylation is 2. The highest BCUT2D eigenvalue weighted by atomic mass is 32.1.